The Hall–Kier alpha value is 0.297. The van der Waals surface area contributed by atoms with Gasteiger partial charge in [0.25, 0.3) is 0 Å². The minimum Gasteiger partial charge on any atom is -1.00 e. The minimum atomic E-state index is 0. The molecule has 0 unspecified atom stereocenters. The molecule has 0 radical (unpaired) electrons. The molecule has 0 aromatic rings. The Morgan fingerprint density at radius 3 is 2.00 bits per heavy atom. The molecule has 0 atom stereocenters. The van der Waals surface area contributed by atoms with Crippen LogP contribution in [0.15, 0.2) is 12.2 Å². The molecule has 0 spiro atoms. The van der Waals surface area contributed by atoms with Crippen molar-refractivity contribution in [3.8, 4) is 0 Å². The molecule has 1 nitrogen and oxygen atoms in total. The second kappa shape index (κ2) is 11.3. The van der Waals surface area contributed by atoms with Crippen LogP contribution in [0.3, 0.4) is 0 Å². The van der Waals surface area contributed by atoms with E-state index in [1.807, 2.05) is 0 Å². The largest absolute Gasteiger partial charge is 1.00 e. The molecule has 0 saturated heterocycles. The molecule has 0 N–H and O–H groups in total. The Morgan fingerprint density at radius 2 is 1.67 bits per heavy atom. The summed E-state index contributed by atoms with van der Waals surface area (Å²) in [5, 5.41) is 0. The van der Waals surface area contributed by atoms with Crippen LogP contribution in [-0.4, -0.2) is 24.5 Å². The molecule has 0 heterocycles. The summed E-state index contributed by atoms with van der Waals surface area (Å²) in [6.45, 7) is 10.1. The first-order chi connectivity index (χ1) is 5.35. The average Bonchev–Trinajstić information content (AvgIpc) is 2.01. The average molecular weight is 163 g/mol. The number of hydrogen-bond donors (Lipinski definition) is 0. The van der Waals surface area contributed by atoms with Gasteiger partial charge < -0.3 is 1.43 Å². The van der Waals surface area contributed by atoms with Gasteiger partial charge in [0.15, 0.2) is 0 Å². The van der Waals surface area contributed by atoms with Crippen LogP contribution in [-0.2, 0) is 0 Å². The summed E-state index contributed by atoms with van der Waals surface area (Å²) in [6.07, 6.45) is 6.87. The van der Waals surface area contributed by atoms with Gasteiger partial charge in [-0.1, -0.05) is 26.0 Å². The Labute approximate surface area is 90.9 Å². The third-order valence-electron chi connectivity index (χ3n) is 1.68. The number of hydrogen-bond acceptors (Lipinski definition) is 1. The Balaban J connectivity index is -0.000000500. The van der Waals surface area contributed by atoms with E-state index in [0.29, 0.717) is 0 Å². The van der Waals surface area contributed by atoms with Gasteiger partial charge in [-0.2, -0.15) is 0 Å². The summed E-state index contributed by atoms with van der Waals surface area (Å²) < 4.78 is 0. The molecular formula is C10H22LiN. The Morgan fingerprint density at radius 1 is 1.17 bits per heavy atom. The van der Waals surface area contributed by atoms with Gasteiger partial charge in [0, 0.05) is 6.54 Å². The van der Waals surface area contributed by atoms with E-state index in [1.54, 1.807) is 0 Å². The van der Waals surface area contributed by atoms with E-state index in [0.717, 1.165) is 6.54 Å². The predicted molar refractivity (Wildman–Crippen MR) is 52.9 cm³/mol. The zero-order valence-electron chi connectivity index (χ0n) is 10.1. The topological polar surface area (TPSA) is 3.24 Å². The molecule has 0 aromatic carbocycles. The maximum atomic E-state index is 2.49. The van der Waals surface area contributed by atoms with Crippen LogP contribution >= 0.6 is 0 Å². The quantitative estimate of drug-likeness (QED) is 0.387. The van der Waals surface area contributed by atoms with Crippen molar-refractivity contribution in [3.63, 3.8) is 0 Å². The van der Waals surface area contributed by atoms with Crippen LogP contribution in [0.25, 0.3) is 0 Å². The number of nitrogens with zero attached hydrogens (tertiary/aromatic N) is 1. The van der Waals surface area contributed by atoms with Crippen LogP contribution < -0.4 is 18.9 Å². The molecule has 12 heavy (non-hydrogen) atoms. The van der Waals surface area contributed by atoms with E-state index in [2.05, 4.69) is 37.8 Å². The summed E-state index contributed by atoms with van der Waals surface area (Å²) >= 11 is 0. The maximum Gasteiger partial charge on any atom is 1.00 e. The van der Waals surface area contributed by atoms with Crippen molar-refractivity contribution >= 4 is 0 Å². The molecule has 2 heteroatoms. The molecule has 0 fully saturated rings. The monoisotopic (exact) mass is 163 g/mol. The van der Waals surface area contributed by atoms with Crippen molar-refractivity contribution in [2.45, 2.75) is 33.6 Å². The van der Waals surface area contributed by atoms with Crippen LogP contribution in [0, 0.1) is 0 Å². The van der Waals surface area contributed by atoms with Crippen molar-refractivity contribution in [3.05, 3.63) is 12.2 Å². The number of allylic oxidation sites excluding steroid dienone is 1. The number of rotatable bonds is 6. The second-order valence-electron chi connectivity index (χ2n) is 2.87. The third-order valence-corrected chi connectivity index (χ3v) is 1.68. The van der Waals surface area contributed by atoms with Crippen LogP contribution in [0.5, 0.6) is 0 Å². The van der Waals surface area contributed by atoms with Crippen molar-refractivity contribution in [1.82, 2.24) is 4.90 Å². The van der Waals surface area contributed by atoms with E-state index in [-0.39, 0.29) is 20.3 Å². The van der Waals surface area contributed by atoms with Gasteiger partial charge in [0.1, 0.15) is 0 Å². The van der Waals surface area contributed by atoms with E-state index in [9.17, 15) is 0 Å². The third kappa shape index (κ3) is 8.39. The van der Waals surface area contributed by atoms with Crippen LogP contribution in [0.4, 0.5) is 0 Å². The molecule has 0 bridgehead atoms. The first kappa shape index (κ1) is 14.8. The zero-order chi connectivity index (χ0) is 8.53. The SMILES string of the molecule is C/C=C/CN(CCC)CCC.[H-].[Li+]. The molecule has 68 valence electrons. The van der Waals surface area contributed by atoms with E-state index < -0.39 is 0 Å². The van der Waals surface area contributed by atoms with E-state index in [1.165, 1.54) is 25.9 Å². The van der Waals surface area contributed by atoms with Gasteiger partial charge in [-0.3, -0.25) is 4.90 Å². The first-order valence-corrected chi connectivity index (χ1v) is 4.68. The molecule has 0 amide bonds. The summed E-state index contributed by atoms with van der Waals surface area (Å²) in [4.78, 5) is 2.49. The predicted octanol–water partition coefficient (Wildman–Crippen LogP) is -0.199. The van der Waals surface area contributed by atoms with Gasteiger partial charge in [0.2, 0.25) is 0 Å². The Kier molecular flexibility index (Phi) is 13.9. The first-order valence-electron chi connectivity index (χ1n) is 4.68. The molecular weight excluding hydrogens is 141 g/mol. The van der Waals surface area contributed by atoms with Crippen molar-refractivity contribution < 1.29 is 20.3 Å². The molecule has 0 aliphatic heterocycles. The fraction of sp³-hybridized carbons (Fsp3) is 0.800. The molecule has 0 saturated carbocycles. The van der Waals surface area contributed by atoms with Gasteiger partial charge in [0.05, 0.1) is 0 Å². The van der Waals surface area contributed by atoms with Gasteiger partial charge >= 0.3 is 18.9 Å². The second-order valence-corrected chi connectivity index (χ2v) is 2.87. The minimum absolute atomic E-state index is 0. The normalized spacial score (nSPS) is 10.7. The van der Waals surface area contributed by atoms with E-state index >= 15 is 0 Å². The molecule has 0 aromatic heterocycles. The van der Waals surface area contributed by atoms with Crippen LogP contribution in [0.1, 0.15) is 35.0 Å². The zero-order valence-corrected chi connectivity index (χ0v) is 9.14. The van der Waals surface area contributed by atoms with Gasteiger partial charge in [-0.25, -0.2) is 0 Å². The molecule has 0 aliphatic rings. The van der Waals surface area contributed by atoms with Gasteiger partial charge in [-0.05, 0) is 32.9 Å². The summed E-state index contributed by atoms with van der Waals surface area (Å²) in [7, 11) is 0. The maximum absolute atomic E-state index is 2.49. The van der Waals surface area contributed by atoms with Crippen LogP contribution in [0.2, 0.25) is 0 Å². The van der Waals surface area contributed by atoms with Crippen molar-refractivity contribution in [2.24, 2.45) is 0 Å². The fourth-order valence-corrected chi connectivity index (χ4v) is 1.18. The summed E-state index contributed by atoms with van der Waals surface area (Å²) in [5.41, 5.74) is 0. The summed E-state index contributed by atoms with van der Waals surface area (Å²) in [6, 6.07) is 0. The molecule has 0 rings (SSSR count). The van der Waals surface area contributed by atoms with Gasteiger partial charge in [-0.15, -0.1) is 0 Å². The van der Waals surface area contributed by atoms with Crippen molar-refractivity contribution in [2.75, 3.05) is 19.6 Å². The summed E-state index contributed by atoms with van der Waals surface area (Å²) in [5.74, 6) is 0. The molecule has 0 aliphatic carbocycles. The smallest absolute Gasteiger partial charge is 1.00 e. The van der Waals surface area contributed by atoms with Crippen molar-refractivity contribution in [1.29, 1.82) is 0 Å². The Bertz CT molecular complexity index is 101. The van der Waals surface area contributed by atoms with E-state index in [4.69, 9.17) is 0 Å². The standard InChI is InChI=1S/C10H21N.Li.H/c1-4-7-10-11(8-5-2)9-6-3;;/h4,7H,5-6,8-10H2,1-3H3;;/q;+1;-1/b7-4+;;. The fourth-order valence-electron chi connectivity index (χ4n) is 1.18.